The average Bonchev–Trinajstić information content (AvgIpc) is 2.79. The fraction of sp³-hybridized carbons (Fsp3) is 0.333. The molecule has 0 aliphatic heterocycles. The molecule has 1 aromatic heterocycles. The maximum Gasteiger partial charge on any atom is 0.417 e. The molecule has 0 saturated heterocycles. The lowest BCUT2D eigenvalue weighted by Crippen LogP contribution is -2.08. The first-order valence-corrected chi connectivity index (χ1v) is 6.52. The highest BCUT2D eigenvalue weighted by molar-refractivity contribution is 5.86. The summed E-state index contributed by atoms with van der Waals surface area (Å²) in [4.78, 5) is 11.1. The second-order valence-corrected chi connectivity index (χ2v) is 5.21. The van der Waals surface area contributed by atoms with Crippen LogP contribution in [0.2, 0.25) is 0 Å². The molecular weight excluding hydrogens is 281 g/mol. The van der Waals surface area contributed by atoms with Crippen molar-refractivity contribution in [1.82, 2.24) is 9.78 Å². The number of rotatable bonds is 4. The molecule has 0 unspecified atom stereocenters. The van der Waals surface area contributed by atoms with Gasteiger partial charge in [-0.25, -0.2) is 0 Å². The molecule has 112 valence electrons. The lowest BCUT2D eigenvalue weighted by molar-refractivity contribution is -0.137. The molecule has 0 fully saturated rings. The van der Waals surface area contributed by atoms with Gasteiger partial charge in [-0.3, -0.25) is 9.48 Å². The van der Waals surface area contributed by atoms with Gasteiger partial charge in [-0.2, -0.15) is 18.3 Å². The van der Waals surface area contributed by atoms with Crippen molar-refractivity contribution >= 4 is 6.29 Å². The molecule has 0 radical (unpaired) electrons. The van der Waals surface area contributed by atoms with Crippen molar-refractivity contribution in [3.8, 4) is 11.3 Å². The highest BCUT2D eigenvalue weighted by atomic mass is 19.4. The van der Waals surface area contributed by atoms with E-state index in [4.69, 9.17) is 0 Å². The summed E-state index contributed by atoms with van der Waals surface area (Å²) < 4.78 is 40.7. The largest absolute Gasteiger partial charge is 0.417 e. The minimum atomic E-state index is -4.49. The number of alkyl halides is 3. The summed E-state index contributed by atoms with van der Waals surface area (Å²) in [5, 5.41) is 4.15. The van der Waals surface area contributed by atoms with Gasteiger partial charge in [0.1, 0.15) is 5.69 Å². The van der Waals surface area contributed by atoms with E-state index in [9.17, 15) is 18.0 Å². The van der Waals surface area contributed by atoms with Crippen molar-refractivity contribution in [3.63, 3.8) is 0 Å². The summed E-state index contributed by atoms with van der Waals surface area (Å²) in [6, 6.07) is 5.14. The van der Waals surface area contributed by atoms with E-state index in [1.54, 1.807) is 0 Å². The third kappa shape index (κ3) is 3.32. The Bertz CT molecular complexity index is 645. The molecule has 1 heterocycles. The number of carbonyl (C=O) groups excluding carboxylic acids is 1. The summed E-state index contributed by atoms with van der Waals surface area (Å²) in [6.45, 7) is 4.46. The number of hydrogen-bond donors (Lipinski definition) is 0. The van der Waals surface area contributed by atoms with Crippen molar-refractivity contribution in [3.05, 3.63) is 41.6 Å². The molecular formula is C15H15F3N2O. The SMILES string of the molecule is CC(C)Cn1cc(C=O)c(-c2ccccc2C(F)(F)F)n1. The topological polar surface area (TPSA) is 34.9 Å². The monoisotopic (exact) mass is 296 g/mol. The number of hydrogen-bond acceptors (Lipinski definition) is 2. The molecule has 2 rings (SSSR count). The Hall–Kier alpha value is -2.11. The maximum atomic E-state index is 13.1. The van der Waals surface area contributed by atoms with Crippen LogP contribution in [0.3, 0.4) is 0 Å². The molecule has 3 nitrogen and oxygen atoms in total. The first-order valence-electron chi connectivity index (χ1n) is 6.52. The standard InChI is InChI=1S/C15H15F3N2O/c1-10(2)7-20-8-11(9-21)14(19-20)12-5-3-4-6-13(12)15(16,17)18/h3-6,8-10H,7H2,1-2H3. The molecule has 0 aliphatic carbocycles. The van der Waals surface area contributed by atoms with Crippen molar-refractivity contribution in [1.29, 1.82) is 0 Å². The highest BCUT2D eigenvalue weighted by Crippen LogP contribution is 2.37. The predicted molar refractivity (Wildman–Crippen MR) is 72.9 cm³/mol. The van der Waals surface area contributed by atoms with E-state index >= 15 is 0 Å². The Kier molecular flexibility index (Phi) is 4.16. The van der Waals surface area contributed by atoms with Crippen LogP contribution in [-0.2, 0) is 12.7 Å². The van der Waals surface area contributed by atoms with Crippen LogP contribution in [0.15, 0.2) is 30.5 Å². The van der Waals surface area contributed by atoms with Gasteiger partial charge in [0.2, 0.25) is 0 Å². The molecule has 0 N–H and O–H groups in total. The molecule has 0 saturated carbocycles. The highest BCUT2D eigenvalue weighted by Gasteiger charge is 2.34. The van der Waals surface area contributed by atoms with Crippen LogP contribution in [0, 0.1) is 5.92 Å². The Morgan fingerprint density at radius 2 is 1.95 bits per heavy atom. The van der Waals surface area contributed by atoms with E-state index in [0.29, 0.717) is 12.8 Å². The van der Waals surface area contributed by atoms with Crippen molar-refractivity contribution in [2.24, 2.45) is 5.92 Å². The summed E-state index contributed by atoms with van der Waals surface area (Å²) in [6.07, 6.45) is -2.47. The zero-order valence-corrected chi connectivity index (χ0v) is 11.7. The number of halogens is 3. The third-order valence-electron chi connectivity index (χ3n) is 2.96. The van der Waals surface area contributed by atoms with Gasteiger partial charge in [0.25, 0.3) is 0 Å². The van der Waals surface area contributed by atoms with Gasteiger partial charge in [0.15, 0.2) is 6.29 Å². The number of carbonyl (C=O) groups is 1. The lowest BCUT2D eigenvalue weighted by Gasteiger charge is -2.11. The zero-order valence-electron chi connectivity index (χ0n) is 11.7. The Morgan fingerprint density at radius 3 is 2.52 bits per heavy atom. The summed E-state index contributed by atoms with van der Waals surface area (Å²) in [5.74, 6) is 0.273. The van der Waals surface area contributed by atoms with E-state index in [1.807, 2.05) is 13.8 Å². The van der Waals surface area contributed by atoms with E-state index in [1.165, 1.54) is 29.1 Å². The quantitative estimate of drug-likeness (QED) is 0.798. The van der Waals surface area contributed by atoms with Crippen LogP contribution in [0.25, 0.3) is 11.3 Å². The van der Waals surface area contributed by atoms with Gasteiger partial charge >= 0.3 is 6.18 Å². The lowest BCUT2D eigenvalue weighted by atomic mass is 10.0. The second-order valence-electron chi connectivity index (χ2n) is 5.21. The minimum absolute atomic E-state index is 0.0681. The van der Waals surface area contributed by atoms with Gasteiger partial charge in [-0.15, -0.1) is 0 Å². The Balaban J connectivity index is 2.56. The van der Waals surface area contributed by atoms with E-state index in [2.05, 4.69) is 5.10 Å². The van der Waals surface area contributed by atoms with Crippen molar-refractivity contribution < 1.29 is 18.0 Å². The predicted octanol–water partition coefficient (Wildman–Crippen LogP) is 4.04. The molecule has 1 aromatic carbocycles. The first-order chi connectivity index (χ1) is 9.82. The van der Waals surface area contributed by atoms with E-state index in [0.717, 1.165) is 6.07 Å². The second kappa shape index (κ2) is 5.71. The molecule has 0 atom stereocenters. The van der Waals surface area contributed by atoms with Gasteiger partial charge in [-0.1, -0.05) is 32.0 Å². The average molecular weight is 296 g/mol. The molecule has 0 aliphatic rings. The molecule has 0 bridgehead atoms. The summed E-state index contributed by atoms with van der Waals surface area (Å²) >= 11 is 0. The van der Waals surface area contributed by atoms with Crippen molar-refractivity contribution in [2.45, 2.75) is 26.6 Å². The van der Waals surface area contributed by atoms with Crippen LogP contribution in [0.1, 0.15) is 29.8 Å². The fourth-order valence-electron chi connectivity index (χ4n) is 2.14. The number of nitrogens with zero attached hydrogens (tertiary/aromatic N) is 2. The van der Waals surface area contributed by atoms with Crippen LogP contribution in [0.4, 0.5) is 13.2 Å². The summed E-state index contributed by atoms with van der Waals surface area (Å²) in [5.41, 5.74) is -0.636. The van der Waals surface area contributed by atoms with Crippen molar-refractivity contribution in [2.75, 3.05) is 0 Å². The fourth-order valence-corrected chi connectivity index (χ4v) is 2.14. The molecule has 21 heavy (non-hydrogen) atoms. The number of aldehydes is 1. The third-order valence-corrected chi connectivity index (χ3v) is 2.96. The van der Waals surface area contributed by atoms with E-state index in [-0.39, 0.29) is 22.7 Å². The van der Waals surface area contributed by atoms with Gasteiger partial charge in [0.05, 0.1) is 11.1 Å². The molecule has 2 aromatic rings. The van der Waals surface area contributed by atoms with E-state index < -0.39 is 11.7 Å². The summed E-state index contributed by atoms with van der Waals surface area (Å²) in [7, 11) is 0. The van der Waals surface area contributed by atoms with Gasteiger partial charge in [-0.05, 0) is 12.0 Å². The molecule has 6 heteroatoms. The molecule has 0 amide bonds. The minimum Gasteiger partial charge on any atom is -0.298 e. The maximum absolute atomic E-state index is 13.1. The Morgan fingerprint density at radius 1 is 1.29 bits per heavy atom. The number of aromatic nitrogens is 2. The Labute approximate surface area is 120 Å². The first kappa shape index (κ1) is 15.3. The normalized spacial score (nSPS) is 11.9. The van der Waals surface area contributed by atoms with Crippen LogP contribution in [0.5, 0.6) is 0 Å². The zero-order chi connectivity index (χ0) is 15.6. The van der Waals surface area contributed by atoms with Crippen LogP contribution in [-0.4, -0.2) is 16.1 Å². The number of benzene rings is 1. The van der Waals surface area contributed by atoms with Crippen LogP contribution >= 0.6 is 0 Å². The van der Waals surface area contributed by atoms with Crippen LogP contribution < -0.4 is 0 Å². The molecule has 0 spiro atoms. The smallest absolute Gasteiger partial charge is 0.298 e. The van der Waals surface area contributed by atoms with Gasteiger partial charge < -0.3 is 0 Å². The van der Waals surface area contributed by atoms with Gasteiger partial charge in [0, 0.05) is 18.3 Å².